The zero-order valence-corrected chi connectivity index (χ0v) is 15.1. The molecule has 1 aliphatic carbocycles. The Bertz CT molecular complexity index is 1170. The molecule has 1 heterocycles. The maximum atomic E-state index is 6.38. The normalized spacial score (nSPS) is 14.7. The Balaban J connectivity index is 1.85. The van der Waals surface area contributed by atoms with Crippen LogP contribution in [0.2, 0.25) is 0 Å². The van der Waals surface area contributed by atoms with Crippen molar-refractivity contribution in [1.29, 1.82) is 0 Å². The van der Waals surface area contributed by atoms with Gasteiger partial charge in [0.25, 0.3) is 0 Å². The third-order valence-electron chi connectivity index (χ3n) is 6.00. The van der Waals surface area contributed by atoms with Gasteiger partial charge in [0.2, 0.25) is 0 Å². The molecule has 4 aromatic carbocycles. The maximum absolute atomic E-state index is 6.38. The molecule has 0 saturated carbocycles. The van der Waals surface area contributed by atoms with E-state index in [-0.39, 0.29) is 5.41 Å². The minimum absolute atomic E-state index is 0.328. The van der Waals surface area contributed by atoms with E-state index >= 15 is 0 Å². The Labute approximate surface area is 158 Å². The standard InChI is InChI=1S/C26H18O/c1-17-14-15-23-25(16-17)27-24-13-7-6-12-22(24)26(23)20-10-4-2-8-18(20)19-9-3-5-11-21(19)26/h2-16H,1H3. The largest absolute Gasteiger partial charge is 0.457 e. The molecule has 4 aromatic rings. The van der Waals surface area contributed by atoms with Crippen LogP contribution in [0.3, 0.4) is 0 Å². The summed E-state index contributed by atoms with van der Waals surface area (Å²) in [5.74, 6) is 1.90. The van der Waals surface area contributed by atoms with E-state index in [2.05, 4.69) is 97.9 Å². The maximum Gasteiger partial charge on any atom is 0.132 e. The van der Waals surface area contributed by atoms with Crippen LogP contribution in [0.4, 0.5) is 0 Å². The molecule has 27 heavy (non-hydrogen) atoms. The molecule has 1 nitrogen and oxygen atoms in total. The summed E-state index contributed by atoms with van der Waals surface area (Å²) in [6.07, 6.45) is 0. The van der Waals surface area contributed by atoms with Crippen LogP contribution < -0.4 is 4.74 Å². The zero-order chi connectivity index (χ0) is 18.0. The Kier molecular flexibility index (Phi) is 2.80. The molecule has 0 radical (unpaired) electrons. The monoisotopic (exact) mass is 346 g/mol. The van der Waals surface area contributed by atoms with E-state index in [9.17, 15) is 0 Å². The molecule has 0 atom stereocenters. The van der Waals surface area contributed by atoms with Gasteiger partial charge in [-0.1, -0.05) is 78.9 Å². The molecule has 0 N–H and O–H groups in total. The van der Waals surface area contributed by atoms with Crippen molar-refractivity contribution in [2.24, 2.45) is 0 Å². The van der Waals surface area contributed by atoms with E-state index in [0.29, 0.717) is 0 Å². The minimum Gasteiger partial charge on any atom is -0.457 e. The average Bonchev–Trinajstić information content (AvgIpc) is 3.00. The second kappa shape index (κ2) is 5.11. The number of hydrogen-bond donors (Lipinski definition) is 0. The molecule has 0 amide bonds. The van der Waals surface area contributed by atoms with Gasteiger partial charge >= 0.3 is 0 Å². The van der Waals surface area contributed by atoms with E-state index < -0.39 is 0 Å². The van der Waals surface area contributed by atoms with Crippen LogP contribution in [-0.4, -0.2) is 0 Å². The summed E-state index contributed by atoms with van der Waals surface area (Å²) in [4.78, 5) is 0. The molecule has 2 aliphatic rings. The summed E-state index contributed by atoms with van der Waals surface area (Å²) in [7, 11) is 0. The molecule has 6 rings (SSSR count). The fourth-order valence-electron chi connectivity index (χ4n) is 4.97. The molecule has 0 bridgehead atoms. The van der Waals surface area contributed by atoms with Crippen molar-refractivity contribution in [3.8, 4) is 22.6 Å². The van der Waals surface area contributed by atoms with Gasteiger partial charge < -0.3 is 4.74 Å². The fourth-order valence-corrected chi connectivity index (χ4v) is 4.97. The van der Waals surface area contributed by atoms with Crippen LogP contribution in [0.1, 0.15) is 27.8 Å². The van der Waals surface area contributed by atoms with Gasteiger partial charge in [-0.15, -0.1) is 0 Å². The van der Waals surface area contributed by atoms with Crippen molar-refractivity contribution in [2.45, 2.75) is 12.3 Å². The van der Waals surface area contributed by atoms with Gasteiger partial charge in [0, 0.05) is 11.1 Å². The topological polar surface area (TPSA) is 9.23 Å². The number of aryl methyl sites for hydroxylation is 1. The Morgan fingerprint density at radius 3 is 1.81 bits per heavy atom. The van der Waals surface area contributed by atoms with Gasteiger partial charge in [0.1, 0.15) is 11.5 Å². The van der Waals surface area contributed by atoms with E-state index in [1.54, 1.807) is 0 Å². The highest BCUT2D eigenvalue weighted by Crippen LogP contribution is 2.61. The van der Waals surface area contributed by atoms with Gasteiger partial charge in [-0.2, -0.15) is 0 Å². The van der Waals surface area contributed by atoms with Crippen LogP contribution in [0, 0.1) is 6.92 Å². The highest BCUT2D eigenvalue weighted by molar-refractivity contribution is 5.88. The van der Waals surface area contributed by atoms with E-state index in [1.807, 2.05) is 0 Å². The summed E-state index contributed by atoms with van der Waals surface area (Å²) < 4.78 is 6.38. The SMILES string of the molecule is Cc1ccc2c(c1)Oc1ccccc1C21c2ccccc2-c2ccccc21. The first-order chi connectivity index (χ1) is 13.3. The van der Waals surface area contributed by atoms with E-state index in [0.717, 1.165) is 11.5 Å². The van der Waals surface area contributed by atoms with Crippen molar-refractivity contribution in [1.82, 2.24) is 0 Å². The molecule has 1 aliphatic heterocycles. The molecule has 0 aromatic heterocycles. The molecule has 128 valence electrons. The summed E-state index contributed by atoms with van der Waals surface area (Å²) in [6, 6.07) is 32.7. The molecule has 1 spiro atoms. The van der Waals surface area contributed by atoms with Crippen LogP contribution in [0.25, 0.3) is 11.1 Å². The van der Waals surface area contributed by atoms with Crippen LogP contribution in [0.5, 0.6) is 11.5 Å². The lowest BCUT2D eigenvalue weighted by Gasteiger charge is -2.39. The van der Waals surface area contributed by atoms with Gasteiger partial charge in [-0.05, 0) is 46.9 Å². The predicted molar refractivity (Wildman–Crippen MR) is 109 cm³/mol. The van der Waals surface area contributed by atoms with Gasteiger partial charge in [-0.3, -0.25) is 0 Å². The molecule has 0 unspecified atom stereocenters. The Morgan fingerprint density at radius 1 is 0.556 bits per heavy atom. The molecular weight excluding hydrogens is 328 g/mol. The zero-order valence-electron chi connectivity index (χ0n) is 15.1. The minimum atomic E-state index is -0.328. The van der Waals surface area contributed by atoms with Gasteiger partial charge in [0.15, 0.2) is 0 Å². The Morgan fingerprint density at radius 2 is 1.11 bits per heavy atom. The lowest BCUT2D eigenvalue weighted by atomic mass is 9.66. The summed E-state index contributed by atoms with van der Waals surface area (Å²) in [6.45, 7) is 2.12. The third-order valence-corrected chi connectivity index (χ3v) is 6.00. The lowest BCUT2D eigenvalue weighted by molar-refractivity contribution is 0.436. The highest BCUT2D eigenvalue weighted by Gasteiger charge is 2.50. The first-order valence-corrected chi connectivity index (χ1v) is 9.38. The summed E-state index contributed by atoms with van der Waals surface area (Å²) in [5, 5.41) is 0. The van der Waals surface area contributed by atoms with Gasteiger partial charge in [-0.25, -0.2) is 0 Å². The average molecular weight is 346 g/mol. The van der Waals surface area contributed by atoms with Crippen LogP contribution in [0.15, 0.2) is 91.0 Å². The van der Waals surface area contributed by atoms with E-state index in [4.69, 9.17) is 4.74 Å². The number of fused-ring (bicyclic) bond motifs is 9. The number of ether oxygens (including phenoxy) is 1. The van der Waals surface area contributed by atoms with Crippen molar-refractivity contribution < 1.29 is 4.74 Å². The molecule has 1 heteroatoms. The second-order valence-corrected chi connectivity index (χ2v) is 7.44. The third kappa shape index (κ3) is 1.74. The first kappa shape index (κ1) is 14.8. The number of benzene rings is 4. The van der Waals surface area contributed by atoms with Crippen molar-refractivity contribution in [3.05, 3.63) is 119 Å². The van der Waals surface area contributed by atoms with Crippen LogP contribution in [-0.2, 0) is 5.41 Å². The number of rotatable bonds is 0. The second-order valence-electron chi connectivity index (χ2n) is 7.44. The fraction of sp³-hybridized carbons (Fsp3) is 0.0769. The summed E-state index contributed by atoms with van der Waals surface area (Å²) >= 11 is 0. The van der Waals surface area contributed by atoms with E-state index in [1.165, 1.54) is 38.9 Å². The first-order valence-electron chi connectivity index (χ1n) is 9.38. The number of para-hydroxylation sites is 1. The van der Waals surface area contributed by atoms with Gasteiger partial charge in [0.05, 0.1) is 5.41 Å². The molecule has 0 saturated heterocycles. The Hall–Kier alpha value is -3.32. The van der Waals surface area contributed by atoms with Crippen molar-refractivity contribution in [2.75, 3.05) is 0 Å². The van der Waals surface area contributed by atoms with Crippen molar-refractivity contribution in [3.63, 3.8) is 0 Å². The summed E-state index contributed by atoms with van der Waals surface area (Å²) in [5.41, 5.74) is 8.64. The number of hydrogen-bond acceptors (Lipinski definition) is 1. The van der Waals surface area contributed by atoms with Crippen LogP contribution >= 0.6 is 0 Å². The molecular formula is C26H18O. The molecule has 0 fully saturated rings. The highest BCUT2D eigenvalue weighted by atomic mass is 16.5. The predicted octanol–water partition coefficient (Wildman–Crippen LogP) is 6.46. The van der Waals surface area contributed by atoms with Crippen molar-refractivity contribution >= 4 is 0 Å². The quantitative estimate of drug-likeness (QED) is 0.306. The smallest absolute Gasteiger partial charge is 0.132 e. The lowest BCUT2D eigenvalue weighted by Crippen LogP contribution is -2.32.